The largest absolute Gasteiger partial charge is 0.489 e. The van der Waals surface area contributed by atoms with Crippen LogP contribution in [0.25, 0.3) is 0 Å². The van der Waals surface area contributed by atoms with Crippen molar-refractivity contribution in [3.05, 3.63) is 35.9 Å². The Hall–Kier alpha value is -2.85. The van der Waals surface area contributed by atoms with Gasteiger partial charge in [0.05, 0.1) is 6.20 Å². The number of urea groups is 1. The Kier molecular flexibility index (Phi) is 8.35. The molecule has 0 bridgehead atoms. The van der Waals surface area contributed by atoms with Gasteiger partial charge in [0.1, 0.15) is 23.3 Å². The Balaban J connectivity index is 1.17. The van der Waals surface area contributed by atoms with Gasteiger partial charge in [-0.15, -0.1) is 0 Å². The van der Waals surface area contributed by atoms with E-state index < -0.39 is 0 Å². The number of nitrogens with one attached hydrogen (secondary N) is 3. The lowest BCUT2D eigenvalue weighted by molar-refractivity contribution is 0.0919. The molecule has 0 spiro atoms. The molecule has 1 saturated heterocycles. The molecule has 4 rings (SSSR count). The highest BCUT2D eigenvalue weighted by Crippen LogP contribution is 2.25. The van der Waals surface area contributed by atoms with E-state index in [0.29, 0.717) is 23.0 Å². The molecule has 2 aromatic rings. The van der Waals surface area contributed by atoms with Crippen molar-refractivity contribution < 1.29 is 18.8 Å². The monoisotopic (exact) mass is 518 g/mol. The second-order valence-corrected chi connectivity index (χ2v) is 11.0. The molecule has 0 aromatic carbocycles. The third kappa shape index (κ3) is 7.33. The summed E-state index contributed by atoms with van der Waals surface area (Å²) < 4.78 is 13.0. The van der Waals surface area contributed by atoms with Crippen molar-refractivity contribution in [1.29, 1.82) is 0 Å². The van der Waals surface area contributed by atoms with Gasteiger partial charge in [0.15, 0.2) is 5.82 Å². The first-order valence-electron chi connectivity index (χ1n) is 12.5. The molecule has 3 N–H and O–H groups in total. The van der Waals surface area contributed by atoms with Gasteiger partial charge in [0, 0.05) is 36.7 Å². The van der Waals surface area contributed by atoms with Crippen molar-refractivity contribution in [3.63, 3.8) is 0 Å². The number of hydrogen-bond donors (Lipinski definition) is 3. The molecule has 3 heterocycles. The lowest BCUT2D eigenvalue weighted by Gasteiger charge is -2.29. The minimum absolute atomic E-state index is 0.0346. The molecular formula is C25H35ClN6O4. The van der Waals surface area contributed by atoms with Crippen LogP contribution in [0, 0.1) is 0 Å². The fourth-order valence-corrected chi connectivity index (χ4v) is 4.58. The fourth-order valence-electron chi connectivity index (χ4n) is 4.39. The SMILES string of the molecule is CC(C)(C)c1cc(NC(=O)NC2CCC(NC(=O)c3ccc(OC4CCN(Cl)CC4)cn3)CC2)no1. The number of ether oxygens (including phenoxy) is 1. The Morgan fingerprint density at radius 1 is 1.06 bits per heavy atom. The number of nitrogens with zero attached hydrogens (tertiary/aromatic N) is 3. The standard InChI is InChI=1S/C25H35ClN6O4/c1-25(2,3)21-14-22(31-36-21)30-24(34)29-17-6-4-16(5-7-17)28-23(33)20-9-8-19(15-27-20)35-18-10-12-32(26)13-11-18/h8-9,14-18H,4-7,10-13H2,1-3H3,(H,28,33)(H2,29,30,31,34). The van der Waals surface area contributed by atoms with Crippen LogP contribution in [0.4, 0.5) is 10.6 Å². The van der Waals surface area contributed by atoms with Crippen molar-refractivity contribution in [2.45, 2.75) is 82.9 Å². The molecule has 2 aromatic heterocycles. The van der Waals surface area contributed by atoms with Crippen LogP contribution in [0.15, 0.2) is 28.9 Å². The quantitative estimate of drug-likeness (QED) is 0.489. The van der Waals surface area contributed by atoms with Crippen LogP contribution in [0.3, 0.4) is 0 Å². The van der Waals surface area contributed by atoms with Gasteiger partial charge >= 0.3 is 6.03 Å². The second kappa shape index (κ2) is 11.5. The predicted octanol–water partition coefficient (Wildman–Crippen LogP) is 4.23. The minimum Gasteiger partial charge on any atom is -0.489 e. The number of pyridine rings is 1. The van der Waals surface area contributed by atoms with Gasteiger partial charge in [-0.25, -0.2) is 14.2 Å². The fraction of sp³-hybridized carbons (Fsp3) is 0.600. The Morgan fingerprint density at radius 2 is 1.72 bits per heavy atom. The summed E-state index contributed by atoms with van der Waals surface area (Å²) in [4.78, 5) is 29.3. The molecule has 0 atom stereocenters. The molecule has 196 valence electrons. The van der Waals surface area contributed by atoms with Crippen LogP contribution < -0.4 is 20.7 Å². The molecule has 36 heavy (non-hydrogen) atoms. The predicted molar refractivity (Wildman–Crippen MR) is 136 cm³/mol. The number of hydrogen-bond acceptors (Lipinski definition) is 7. The molecule has 3 amide bonds. The van der Waals surface area contributed by atoms with Gasteiger partial charge in [0.2, 0.25) is 0 Å². The van der Waals surface area contributed by atoms with Crippen LogP contribution in [0.1, 0.15) is 75.5 Å². The zero-order valence-corrected chi connectivity index (χ0v) is 21.8. The van der Waals surface area contributed by atoms with Crippen molar-refractivity contribution in [1.82, 2.24) is 25.2 Å². The van der Waals surface area contributed by atoms with Crippen LogP contribution in [0.2, 0.25) is 0 Å². The number of aromatic nitrogens is 2. The summed E-state index contributed by atoms with van der Waals surface area (Å²) in [7, 11) is 0. The molecule has 2 aliphatic rings. The van der Waals surface area contributed by atoms with E-state index in [2.05, 4.69) is 26.1 Å². The molecule has 1 aliphatic carbocycles. The molecular weight excluding hydrogens is 484 g/mol. The summed E-state index contributed by atoms with van der Waals surface area (Å²) in [6, 6.07) is 4.98. The third-order valence-corrected chi connectivity index (χ3v) is 6.89. The number of carbonyl (C=O) groups excluding carboxylic acids is 2. The first-order valence-corrected chi connectivity index (χ1v) is 12.9. The van der Waals surface area contributed by atoms with E-state index >= 15 is 0 Å². The van der Waals surface area contributed by atoms with E-state index in [9.17, 15) is 9.59 Å². The summed E-state index contributed by atoms with van der Waals surface area (Å²) in [5.41, 5.74) is 0.180. The molecule has 0 radical (unpaired) electrons. The number of anilines is 1. The number of piperidine rings is 1. The summed E-state index contributed by atoms with van der Waals surface area (Å²) >= 11 is 5.99. The lowest BCUT2D eigenvalue weighted by atomic mass is 9.91. The molecule has 11 heteroatoms. The molecule has 1 aliphatic heterocycles. The van der Waals surface area contributed by atoms with E-state index in [0.717, 1.165) is 51.6 Å². The summed E-state index contributed by atoms with van der Waals surface area (Å²) in [6.45, 7) is 7.63. The highest BCUT2D eigenvalue weighted by Gasteiger charge is 2.25. The smallest absolute Gasteiger partial charge is 0.320 e. The summed E-state index contributed by atoms with van der Waals surface area (Å²) in [5, 5.41) is 12.7. The van der Waals surface area contributed by atoms with Gasteiger partial charge in [0.25, 0.3) is 5.91 Å². The Labute approximate surface area is 216 Å². The normalized spacial score (nSPS) is 21.6. The average Bonchev–Trinajstić information content (AvgIpc) is 3.31. The van der Waals surface area contributed by atoms with Gasteiger partial charge in [-0.1, -0.05) is 25.9 Å². The number of amides is 3. The maximum atomic E-state index is 12.7. The van der Waals surface area contributed by atoms with Gasteiger partial charge in [-0.05, 0) is 62.4 Å². The number of rotatable bonds is 6. The van der Waals surface area contributed by atoms with Crippen LogP contribution in [-0.4, -0.2) is 57.8 Å². The van der Waals surface area contributed by atoms with Crippen molar-refractivity contribution in [2.24, 2.45) is 0 Å². The summed E-state index contributed by atoms with van der Waals surface area (Å²) in [5.74, 6) is 1.55. The highest BCUT2D eigenvalue weighted by molar-refractivity contribution is 6.13. The zero-order valence-electron chi connectivity index (χ0n) is 21.1. The van der Waals surface area contributed by atoms with Gasteiger partial charge in [-0.2, -0.15) is 0 Å². The maximum absolute atomic E-state index is 12.7. The van der Waals surface area contributed by atoms with Crippen molar-refractivity contribution >= 4 is 29.5 Å². The van der Waals surface area contributed by atoms with Crippen LogP contribution in [0.5, 0.6) is 5.75 Å². The molecule has 2 fully saturated rings. The number of halogens is 1. The highest BCUT2D eigenvalue weighted by atomic mass is 35.5. The van der Waals surface area contributed by atoms with Crippen LogP contribution in [-0.2, 0) is 5.41 Å². The first-order chi connectivity index (χ1) is 17.2. The first kappa shape index (κ1) is 26.2. The van der Waals surface area contributed by atoms with Crippen molar-refractivity contribution in [2.75, 3.05) is 18.4 Å². The van der Waals surface area contributed by atoms with Crippen molar-refractivity contribution in [3.8, 4) is 5.75 Å². The van der Waals surface area contributed by atoms with Gasteiger partial charge < -0.3 is 19.9 Å². The van der Waals surface area contributed by atoms with E-state index in [4.69, 9.17) is 21.0 Å². The molecule has 0 unspecified atom stereocenters. The average molecular weight is 519 g/mol. The van der Waals surface area contributed by atoms with E-state index in [-0.39, 0.29) is 35.5 Å². The van der Waals surface area contributed by atoms with Crippen LogP contribution >= 0.6 is 11.8 Å². The third-order valence-electron chi connectivity index (χ3n) is 6.55. The lowest BCUT2D eigenvalue weighted by Crippen LogP contribution is -2.45. The topological polar surface area (TPSA) is 122 Å². The zero-order chi connectivity index (χ0) is 25.7. The molecule has 1 saturated carbocycles. The van der Waals surface area contributed by atoms with E-state index in [1.165, 1.54) is 0 Å². The van der Waals surface area contributed by atoms with E-state index in [1.807, 2.05) is 20.8 Å². The van der Waals surface area contributed by atoms with Gasteiger partial charge in [-0.3, -0.25) is 10.1 Å². The Bertz CT molecular complexity index is 1020. The minimum atomic E-state index is -0.309. The number of carbonyl (C=O) groups is 2. The van der Waals surface area contributed by atoms with E-state index in [1.54, 1.807) is 28.8 Å². The maximum Gasteiger partial charge on any atom is 0.320 e. The Morgan fingerprint density at radius 3 is 2.31 bits per heavy atom. The molecule has 10 nitrogen and oxygen atoms in total. The summed E-state index contributed by atoms with van der Waals surface area (Å²) in [6.07, 6.45) is 6.53. The second-order valence-electron chi connectivity index (χ2n) is 10.6.